The third-order valence-corrected chi connectivity index (χ3v) is 6.44. The van der Waals surface area contributed by atoms with Gasteiger partial charge in [-0.25, -0.2) is 13.4 Å². The van der Waals surface area contributed by atoms with Gasteiger partial charge in [0.1, 0.15) is 5.69 Å². The number of aromatic nitrogens is 1. The van der Waals surface area contributed by atoms with Crippen LogP contribution in [0.1, 0.15) is 23.3 Å². The molecule has 3 saturated heterocycles. The van der Waals surface area contributed by atoms with Crippen LogP contribution in [0.5, 0.6) is 0 Å². The summed E-state index contributed by atoms with van der Waals surface area (Å²) in [6.07, 6.45) is 3.06. The molecule has 0 aliphatic carbocycles. The number of nitrogens with zero attached hydrogens (tertiary/aromatic N) is 3. The number of hydrogen-bond donors (Lipinski definition) is 1. The summed E-state index contributed by atoms with van der Waals surface area (Å²) in [6.45, 7) is 1.52. The molecule has 0 unspecified atom stereocenters. The molecule has 4 heterocycles. The first kappa shape index (κ1) is 15.7. The van der Waals surface area contributed by atoms with Gasteiger partial charge >= 0.3 is 0 Å². The van der Waals surface area contributed by atoms with Crippen LogP contribution in [0, 0.1) is 5.92 Å². The highest BCUT2D eigenvalue weighted by atomic mass is 32.2. The van der Waals surface area contributed by atoms with E-state index in [-0.39, 0.29) is 17.9 Å². The average molecular weight is 344 g/mol. The van der Waals surface area contributed by atoms with E-state index in [4.69, 9.17) is 0 Å². The van der Waals surface area contributed by atoms with Crippen LogP contribution in [0.4, 0.5) is 5.13 Å². The van der Waals surface area contributed by atoms with Crippen molar-refractivity contribution in [1.29, 1.82) is 0 Å². The molecular formula is C13H20N4O3S2. The molecule has 0 aromatic carbocycles. The summed E-state index contributed by atoms with van der Waals surface area (Å²) in [5, 5.41) is 5.39. The highest BCUT2D eigenvalue weighted by Gasteiger charge is 2.40. The van der Waals surface area contributed by atoms with E-state index in [0.29, 0.717) is 30.5 Å². The molecule has 2 atom stereocenters. The molecule has 1 N–H and O–H groups in total. The molecule has 0 saturated carbocycles. The number of anilines is 1. The Labute approximate surface area is 134 Å². The van der Waals surface area contributed by atoms with Crippen molar-refractivity contribution < 1.29 is 13.2 Å². The maximum absolute atomic E-state index is 12.7. The SMILES string of the molecule is CNc1nc(C(=O)N2C[C@@H]3CC[C@H]2CN(S(C)(=O)=O)C3)cs1. The first-order valence-electron chi connectivity index (χ1n) is 7.28. The number of amides is 1. The number of fused-ring (bicyclic) bond motifs is 4. The summed E-state index contributed by atoms with van der Waals surface area (Å²) in [5.41, 5.74) is 0.438. The van der Waals surface area contributed by atoms with Crippen molar-refractivity contribution in [1.82, 2.24) is 14.2 Å². The molecule has 22 heavy (non-hydrogen) atoms. The molecule has 0 spiro atoms. The van der Waals surface area contributed by atoms with E-state index in [9.17, 15) is 13.2 Å². The Morgan fingerprint density at radius 1 is 1.36 bits per heavy atom. The lowest BCUT2D eigenvalue weighted by Crippen LogP contribution is -2.47. The number of carbonyl (C=O) groups excluding carboxylic acids is 1. The molecule has 2 bridgehead atoms. The van der Waals surface area contributed by atoms with Gasteiger partial charge in [0.05, 0.1) is 6.26 Å². The van der Waals surface area contributed by atoms with Crippen LogP contribution in [0.25, 0.3) is 0 Å². The summed E-state index contributed by atoms with van der Waals surface area (Å²) >= 11 is 1.40. The van der Waals surface area contributed by atoms with Gasteiger partial charge in [0.2, 0.25) is 10.0 Å². The van der Waals surface area contributed by atoms with E-state index >= 15 is 0 Å². The minimum absolute atomic E-state index is 0.0549. The Morgan fingerprint density at radius 2 is 2.14 bits per heavy atom. The predicted molar refractivity (Wildman–Crippen MR) is 85.6 cm³/mol. The van der Waals surface area contributed by atoms with Crippen molar-refractivity contribution in [2.24, 2.45) is 5.92 Å². The van der Waals surface area contributed by atoms with E-state index in [0.717, 1.165) is 12.8 Å². The lowest BCUT2D eigenvalue weighted by atomic mass is 9.95. The van der Waals surface area contributed by atoms with Crippen LogP contribution >= 0.6 is 11.3 Å². The highest BCUT2D eigenvalue weighted by molar-refractivity contribution is 7.88. The molecule has 3 aliphatic heterocycles. The van der Waals surface area contributed by atoms with E-state index in [1.807, 2.05) is 4.90 Å². The zero-order chi connectivity index (χ0) is 15.9. The smallest absolute Gasteiger partial charge is 0.273 e. The second-order valence-electron chi connectivity index (χ2n) is 5.92. The third-order valence-electron chi connectivity index (χ3n) is 4.35. The van der Waals surface area contributed by atoms with Gasteiger partial charge in [-0.2, -0.15) is 4.31 Å². The minimum Gasteiger partial charge on any atom is -0.365 e. The fourth-order valence-corrected chi connectivity index (χ4v) is 4.76. The second kappa shape index (κ2) is 5.78. The normalized spacial score (nSPS) is 26.0. The quantitative estimate of drug-likeness (QED) is 0.872. The van der Waals surface area contributed by atoms with Crippen molar-refractivity contribution in [2.75, 3.05) is 38.3 Å². The van der Waals surface area contributed by atoms with Gasteiger partial charge in [-0.3, -0.25) is 4.79 Å². The van der Waals surface area contributed by atoms with Gasteiger partial charge in [0.25, 0.3) is 5.91 Å². The molecule has 9 heteroatoms. The van der Waals surface area contributed by atoms with Gasteiger partial charge in [0, 0.05) is 38.1 Å². The van der Waals surface area contributed by atoms with Crippen LogP contribution in [0.2, 0.25) is 0 Å². The first-order valence-corrected chi connectivity index (χ1v) is 10.0. The van der Waals surface area contributed by atoms with Crippen molar-refractivity contribution in [3.8, 4) is 0 Å². The van der Waals surface area contributed by atoms with Crippen molar-refractivity contribution in [3.05, 3.63) is 11.1 Å². The summed E-state index contributed by atoms with van der Waals surface area (Å²) in [4.78, 5) is 18.8. The van der Waals surface area contributed by atoms with Crippen LogP contribution in [0.3, 0.4) is 0 Å². The Kier molecular flexibility index (Phi) is 4.13. The van der Waals surface area contributed by atoms with Gasteiger partial charge in [-0.05, 0) is 18.8 Å². The first-order chi connectivity index (χ1) is 10.4. The van der Waals surface area contributed by atoms with Gasteiger partial charge < -0.3 is 10.2 Å². The molecule has 1 aromatic rings. The lowest BCUT2D eigenvalue weighted by molar-refractivity contribution is 0.0583. The standard InChI is InChI=1S/C13H20N4O3S2/c1-14-13-15-11(8-21-13)12(18)17-6-9-3-4-10(17)7-16(5-9)22(2,19)20/h8-10H,3-7H2,1-2H3,(H,14,15)/t9-,10+/m1/s1. The van der Waals surface area contributed by atoms with E-state index in [2.05, 4.69) is 10.3 Å². The second-order valence-corrected chi connectivity index (χ2v) is 8.76. The largest absolute Gasteiger partial charge is 0.365 e. The minimum atomic E-state index is -3.22. The highest BCUT2D eigenvalue weighted by Crippen LogP contribution is 2.30. The Hall–Kier alpha value is -1.19. The Balaban J connectivity index is 1.82. The van der Waals surface area contributed by atoms with Crippen molar-refractivity contribution in [3.63, 3.8) is 0 Å². The maximum Gasteiger partial charge on any atom is 0.273 e. The molecule has 122 valence electrons. The van der Waals surface area contributed by atoms with Crippen LogP contribution < -0.4 is 5.32 Å². The molecular weight excluding hydrogens is 324 g/mol. The predicted octanol–water partition coefficient (Wildman–Crippen LogP) is 0.681. The van der Waals surface area contributed by atoms with Crippen molar-refractivity contribution in [2.45, 2.75) is 18.9 Å². The van der Waals surface area contributed by atoms with Crippen LogP contribution in [-0.2, 0) is 10.0 Å². The zero-order valence-corrected chi connectivity index (χ0v) is 14.3. The van der Waals surface area contributed by atoms with Crippen LogP contribution in [-0.4, -0.2) is 67.5 Å². The molecule has 3 fully saturated rings. The van der Waals surface area contributed by atoms with Crippen molar-refractivity contribution >= 4 is 32.4 Å². The van der Waals surface area contributed by atoms with Crippen LogP contribution in [0.15, 0.2) is 5.38 Å². The molecule has 7 nitrogen and oxygen atoms in total. The van der Waals surface area contributed by atoms with Gasteiger partial charge in [-0.15, -0.1) is 11.3 Å². The third kappa shape index (κ3) is 2.97. The topological polar surface area (TPSA) is 82.6 Å². The molecule has 4 rings (SSSR count). The number of piperidine rings is 1. The molecule has 3 aliphatic rings. The number of nitrogens with one attached hydrogen (secondary N) is 1. The maximum atomic E-state index is 12.7. The summed E-state index contributed by atoms with van der Waals surface area (Å²) in [6, 6.07) is -0.0549. The fraction of sp³-hybridized carbons (Fsp3) is 0.692. The Bertz CT molecular complexity index is 673. The number of sulfonamides is 1. The number of hydrogen-bond acceptors (Lipinski definition) is 6. The number of rotatable bonds is 3. The van der Waals surface area contributed by atoms with E-state index < -0.39 is 10.0 Å². The number of carbonyl (C=O) groups is 1. The molecule has 0 radical (unpaired) electrons. The molecule has 1 aromatic heterocycles. The summed E-state index contributed by atoms with van der Waals surface area (Å²) < 4.78 is 25.2. The average Bonchev–Trinajstić information content (AvgIpc) is 2.75. The number of thiazole rings is 1. The van der Waals surface area contributed by atoms with Gasteiger partial charge in [0.15, 0.2) is 5.13 Å². The monoisotopic (exact) mass is 344 g/mol. The van der Waals surface area contributed by atoms with Gasteiger partial charge in [-0.1, -0.05) is 0 Å². The summed E-state index contributed by atoms with van der Waals surface area (Å²) in [7, 11) is -1.45. The zero-order valence-electron chi connectivity index (χ0n) is 12.7. The van der Waals surface area contributed by atoms with E-state index in [1.54, 1.807) is 12.4 Å². The summed E-state index contributed by atoms with van der Waals surface area (Å²) in [5.74, 6) is 0.114. The lowest BCUT2D eigenvalue weighted by Gasteiger charge is -2.35. The molecule has 1 amide bonds. The van der Waals surface area contributed by atoms with E-state index in [1.165, 1.54) is 21.9 Å². The fourth-order valence-electron chi connectivity index (χ4n) is 3.19. The Morgan fingerprint density at radius 3 is 2.77 bits per heavy atom.